The maximum Gasteiger partial charge on any atom is 0.337 e. The van der Waals surface area contributed by atoms with Crippen molar-refractivity contribution in [3.05, 3.63) is 62.5 Å². The summed E-state index contributed by atoms with van der Waals surface area (Å²) in [6.07, 6.45) is 0.825. The highest BCUT2D eigenvalue weighted by atomic mass is 16.6. The molecule has 4 rings (SSSR count). The fourth-order valence-electron chi connectivity index (χ4n) is 4.76. The highest BCUT2D eigenvalue weighted by Gasteiger charge is 2.48. The molecular formula is C22H23N3O6. The average Bonchev–Trinajstić information content (AvgIpc) is 2.72. The van der Waals surface area contributed by atoms with Gasteiger partial charge in [0.25, 0.3) is 11.6 Å². The molecule has 0 aromatic heterocycles. The van der Waals surface area contributed by atoms with E-state index in [1.807, 2.05) is 13.8 Å². The number of methoxy groups -OCH3 is 1. The predicted octanol–water partition coefficient (Wildman–Crippen LogP) is 2.19. The van der Waals surface area contributed by atoms with Gasteiger partial charge in [-0.25, -0.2) is 4.79 Å². The molecule has 1 aromatic rings. The van der Waals surface area contributed by atoms with E-state index in [2.05, 4.69) is 5.32 Å². The van der Waals surface area contributed by atoms with Crippen molar-refractivity contribution in [3.63, 3.8) is 0 Å². The van der Waals surface area contributed by atoms with Gasteiger partial charge in [0.1, 0.15) is 5.70 Å². The summed E-state index contributed by atoms with van der Waals surface area (Å²) in [6.45, 7) is 4.77. The molecule has 1 atom stereocenters. The zero-order valence-corrected chi connectivity index (χ0v) is 17.6. The van der Waals surface area contributed by atoms with Crippen molar-refractivity contribution < 1.29 is 24.0 Å². The smallest absolute Gasteiger partial charge is 0.337 e. The number of Topliss-reactive ketones (excluding diaryl/α,β-unsaturated/α-hetero) is 1. The van der Waals surface area contributed by atoms with Crippen LogP contribution in [-0.2, 0) is 19.1 Å². The van der Waals surface area contributed by atoms with Gasteiger partial charge in [-0.05, 0) is 17.4 Å². The number of allylic oxidation sites excluding steroid dienone is 2. The standard InChI is InChI=1S/C22H23N3O6/c1-22(2)10-14-17(15(26)11-22)16(12-5-4-6-13(9-12)25(29)30)18(21(28)31-3)19-20(27)23-7-8-24(14)19/h4-6,9,16H,7-8,10-11H2,1-3H3,(H,23,27). The van der Waals surface area contributed by atoms with E-state index in [-0.39, 0.29) is 34.6 Å². The van der Waals surface area contributed by atoms with Gasteiger partial charge in [0, 0.05) is 48.8 Å². The molecule has 3 aliphatic rings. The van der Waals surface area contributed by atoms with Crippen molar-refractivity contribution in [1.82, 2.24) is 10.2 Å². The number of fused-ring (bicyclic) bond motifs is 2. The molecule has 1 aromatic carbocycles. The summed E-state index contributed by atoms with van der Waals surface area (Å²) in [6, 6.07) is 5.84. The summed E-state index contributed by atoms with van der Waals surface area (Å²) in [5.41, 5.74) is 1.23. The SMILES string of the molecule is COC(=O)C1=C2C(=O)NCCN2C2=C(C(=O)CC(C)(C)C2)C1c1cccc([N+](=O)[O-])c1. The van der Waals surface area contributed by atoms with Crippen LogP contribution in [0.25, 0.3) is 0 Å². The van der Waals surface area contributed by atoms with E-state index in [4.69, 9.17) is 4.74 Å². The minimum atomic E-state index is -0.916. The lowest BCUT2D eigenvalue weighted by Crippen LogP contribution is -2.51. The number of ether oxygens (including phenoxy) is 1. The largest absolute Gasteiger partial charge is 0.466 e. The third-order valence-electron chi connectivity index (χ3n) is 5.98. The number of esters is 1. The number of hydrogen-bond acceptors (Lipinski definition) is 7. The minimum absolute atomic E-state index is 0.0343. The highest BCUT2D eigenvalue weighted by molar-refractivity contribution is 6.09. The molecule has 9 heteroatoms. The average molecular weight is 425 g/mol. The van der Waals surface area contributed by atoms with E-state index in [0.29, 0.717) is 36.3 Å². The quantitative estimate of drug-likeness (QED) is 0.448. The van der Waals surface area contributed by atoms with E-state index in [0.717, 1.165) is 0 Å². The summed E-state index contributed by atoms with van der Waals surface area (Å²) in [5, 5.41) is 14.1. The van der Waals surface area contributed by atoms with Crippen LogP contribution in [0.5, 0.6) is 0 Å². The van der Waals surface area contributed by atoms with Gasteiger partial charge in [-0.1, -0.05) is 26.0 Å². The number of non-ortho nitro benzene ring substituents is 1. The fraction of sp³-hybridized carbons (Fsp3) is 0.409. The number of benzene rings is 1. The lowest BCUT2D eigenvalue weighted by atomic mass is 9.67. The van der Waals surface area contributed by atoms with Crippen molar-refractivity contribution in [2.75, 3.05) is 20.2 Å². The Labute approximate surface area is 178 Å². The van der Waals surface area contributed by atoms with Gasteiger partial charge < -0.3 is 15.0 Å². The van der Waals surface area contributed by atoms with Crippen LogP contribution in [0, 0.1) is 15.5 Å². The van der Waals surface area contributed by atoms with Crippen molar-refractivity contribution in [2.45, 2.75) is 32.6 Å². The number of nitrogens with zero attached hydrogens (tertiary/aromatic N) is 2. The van der Waals surface area contributed by atoms with E-state index >= 15 is 0 Å². The van der Waals surface area contributed by atoms with Crippen molar-refractivity contribution in [3.8, 4) is 0 Å². The lowest BCUT2D eigenvalue weighted by Gasteiger charge is -2.46. The van der Waals surface area contributed by atoms with Crippen LogP contribution in [0.2, 0.25) is 0 Å². The summed E-state index contributed by atoms with van der Waals surface area (Å²) >= 11 is 0. The molecule has 0 bridgehead atoms. The predicted molar refractivity (Wildman–Crippen MR) is 110 cm³/mol. The van der Waals surface area contributed by atoms with E-state index < -0.39 is 22.7 Å². The normalized spacial score (nSPS) is 22.5. The molecule has 0 spiro atoms. The number of carbonyl (C=O) groups is 3. The molecule has 1 fully saturated rings. The second-order valence-electron chi connectivity index (χ2n) is 8.75. The maximum atomic E-state index is 13.4. The van der Waals surface area contributed by atoms with Crippen molar-refractivity contribution in [1.29, 1.82) is 0 Å². The number of rotatable bonds is 3. The Balaban J connectivity index is 2.03. The Morgan fingerprint density at radius 3 is 2.71 bits per heavy atom. The minimum Gasteiger partial charge on any atom is -0.466 e. The first-order chi connectivity index (χ1) is 14.6. The van der Waals surface area contributed by atoms with Crippen LogP contribution in [-0.4, -0.2) is 47.7 Å². The van der Waals surface area contributed by atoms with Crippen LogP contribution >= 0.6 is 0 Å². The zero-order chi connectivity index (χ0) is 22.5. The van der Waals surface area contributed by atoms with Gasteiger partial charge in [-0.15, -0.1) is 0 Å². The second-order valence-corrected chi connectivity index (χ2v) is 8.75. The monoisotopic (exact) mass is 425 g/mol. The molecule has 1 amide bonds. The molecule has 1 N–H and O–H groups in total. The number of nitro groups is 1. The van der Waals surface area contributed by atoms with Crippen LogP contribution in [0.1, 0.15) is 38.2 Å². The molecular weight excluding hydrogens is 402 g/mol. The number of nitro benzene ring substituents is 1. The van der Waals surface area contributed by atoms with Crippen LogP contribution in [0.3, 0.4) is 0 Å². The van der Waals surface area contributed by atoms with Gasteiger partial charge in [0.15, 0.2) is 5.78 Å². The molecule has 0 saturated carbocycles. The summed E-state index contributed by atoms with van der Waals surface area (Å²) in [5.74, 6) is -2.21. The van der Waals surface area contributed by atoms with E-state index in [1.165, 1.54) is 25.3 Å². The number of piperazine rings is 1. The van der Waals surface area contributed by atoms with Gasteiger partial charge in [0.05, 0.1) is 17.6 Å². The molecule has 9 nitrogen and oxygen atoms in total. The van der Waals surface area contributed by atoms with E-state index in [9.17, 15) is 24.5 Å². The molecule has 1 aliphatic carbocycles. The first-order valence-electron chi connectivity index (χ1n) is 10.0. The van der Waals surface area contributed by atoms with Gasteiger partial charge in [0.2, 0.25) is 0 Å². The number of amides is 1. The Morgan fingerprint density at radius 2 is 2.03 bits per heavy atom. The fourth-order valence-corrected chi connectivity index (χ4v) is 4.76. The van der Waals surface area contributed by atoms with Crippen LogP contribution < -0.4 is 5.32 Å². The third-order valence-corrected chi connectivity index (χ3v) is 5.98. The summed E-state index contributed by atoms with van der Waals surface area (Å²) < 4.78 is 5.00. The lowest BCUT2D eigenvalue weighted by molar-refractivity contribution is -0.384. The summed E-state index contributed by atoms with van der Waals surface area (Å²) in [7, 11) is 1.21. The second kappa shape index (κ2) is 7.33. The molecule has 2 aliphatic heterocycles. The van der Waals surface area contributed by atoms with Crippen LogP contribution in [0.15, 0.2) is 46.8 Å². The number of nitrogens with one attached hydrogen (secondary N) is 1. The molecule has 162 valence electrons. The highest BCUT2D eigenvalue weighted by Crippen LogP contribution is 2.50. The maximum absolute atomic E-state index is 13.4. The Bertz CT molecular complexity index is 1080. The number of carbonyl (C=O) groups excluding carboxylic acids is 3. The third kappa shape index (κ3) is 3.39. The van der Waals surface area contributed by atoms with Gasteiger partial charge in [-0.3, -0.25) is 19.7 Å². The van der Waals surface area contributed by atoms with E-state index in [1.54, 1.807) is 11.0 Å². The molecule has 31 heavy (non-hydrogen) atoms. The first-order valence-corrected chi connectivity index (χ1v) is 10.0. The van der Waals surface area contributed by atoms with Crippen molar-refractivity contribution in [2.24, 2.45) is 5.41 Å². The molecule has 1 unspecified atom stereocenters. The van der Waals surface area contributed by atoms with Crippen LogP contribution in [0.4, 0.5) is 5.69 Å². The van der Waals surface area contributed by atoms with Crippen molar-refractivity contribution >= 4 is 23.3 Å². The molecule has 1 saturated heterocycles. The number of hydrogen-bond donors (Lipinski definition) is 1. The van der Waals surface area contributed by atoms with Gasteiger partial charge in [-0.2, -0.15) is 0 Å². The zero-order valence-electron chi connectivity index (χ0n) is 17.6. The topological polar surface area (TPSA) is 119 Å². The summed E-state index contributed by atoms with van der Waals surface area (Å²) in [4.78, 5) is 51.8. The molecule has 0 radical (unpaired) electrons. The van der Waals surface area contributed by atoms with Gasteiger partial charge >= 0.3 is 5.97 Å². The number of ketones is 1. The molecule has 2 heterocycles. The Morgan fingerprint density at radius 1 is 1.29 bits per heavy atom. The Hall–Kier alpha value is -3.49. The first kappa shape index (κ1) is 20.8. The Kier molecular flexibility index (Phi) is 4.91.